The van der Waals surface area contributed by atoms with Crippen molar-refractivity contribution in [3.63, 3.8) is 0 Å². The summed E-state index contributed by atoms with van der Waals surface area (Å²) in [4.78, 5) is 25.3. The number of aliphatic hydroxyl groups excluding tert-OH is 1. The first kappa shape index (κ1) is 15.6. The molecule has 3 rings (SSSR count). The van der Waals surface area contributed by atoms with Crippen LogP contribution in [0.2, 0.25) is 0 Å². The van der Waals surface area contributed by atoms with E-state index in [0.29, 0.717) is 11.1 Å². The van der Waals surface area contributed by atoms with E-state index in [-0.39, 0.29) is 17.4 Å². The second kappa shape index (κ2) is 6.86. The normalized spacial score (nSPS) is 18.6. The first-order chi connectivity index (χ1) is 11.2. The third-order valence-electron chi connectivity index (χ3n) is 4.22. The van der Waals surface area contributed by atoms with Crippen LogP contribution >= 0.6 is 0 Å². The number of benzene rings is 2. The van der Waals surface area contributed by atoms with Gasteiger partial charge in [0, 0.05) is 22.7 Å². The maximum absolute atomic E-state index is 12.7. The maximum Gasteiger partial charge on any atom is 0.193 e. The molecule has 0 aromatic heterocycles. The predicted molar refractivity (Wildman–Crippen MR) is 87.7 cm³/mol. The van der Waals surface area contributed by atoms with Crippen LogP contribution < -0.4 is 5.32 Å². The van der Waals surface area contributed by atoms with Gasteiger partial charge in [-0.2, -0.15) is 0 Å². The fourth-order valence-corrected chi connectivity index (χ4v) is 2.96. The quantitative estimate of drug-likeness (QED) is 0.831. The van der Waals surface area contributed by atoms with Crippen molar-refractivity contribution in [2.45, 2.75) is 25.0 Å². The first-order valence-electron chi connectivity index (χ1n) is 7.83. The maximum atomic E-state index is 12.7. The van der Waals surface area contributed by atoms with Gasteiger partial charge in [0.05, 0.1) is 0 Å². The molecule has 1 saturated heterocycles. The topological polar surface area (TPSA) is 66.4 Å². The Balaban J connectivity index is 1.91. The summed E-state index contributed by atoms with van der Waals surface area (Å²) >= 11 is 0. The molecular weight excluding hydrogens is 290 g/mol. The minimum atomic E-state index is -1.12. The molecule has 2 N–H and O–H groups in total. The van der Waals surface area contributed by atoms with Gasteiger partial charge in [-0.05, 0) is 19.4 Å². The van der Waals surface area contributed by atoms with Gasteiger partial charge >= 0.3 is 0 Å². The summed E-state index contributed by atoms with van der Waals surface area (Å²) in [5.41, 5.74) is 1.14. The molecule has 0 amide bonds. The molecule has 1 aliphatic heterocycles. The molecule has 0 aliphatic carbocycles. The van der Waals surface area contributed by atoms with Crippen molar-refractivity contribution in [2.24, 2.45) is 0 Å². The van der Waals surface area contributed by atoms with Crippen molar-refractivity contribution in [1.82, 2.24) is 5.32 Å². The highest BCUT2D eigenvalue weighted by Gasteiger charge is 2.31. The number of rotatable bonds is 5. The number of hydrogen-bond donors (Lipinski definition) is 2. The zero-order valence-electron chi connectivity index (χ0n) is 12.7. The average Bonchev–Trinajstić information content (AvgIpc) is 3.15. The molecule has 2 aromatic rings. The van der Waals surface area contributed by atoms with Gasteiger partial charge in [0.2, 0.25) is 0 Å². The average molecular weight is 309 g/mol. The van der Waals surface area contributed by atoms with Crippen molar-refractivity contribution < 1.29 is 14.7 Å². The Morgan fingerprint density at radius 2 is 1.65 bits per heavy atom. The number of ketones is 2. The molecule has 4 nitrogen and oxygen atoms in total. The number of nitrogens with one attached hydrogen (secondary N) is 1. The SMILES string of the molecule is O=C(c1ccccc1)c1ccccc1C(=O)C(O)[C@@H]1CCCN1. The lowest BCUT2D eigenvalue weighted by molar-refractivity contribution is 0.0673. The number of Topliss-reactive ketones (excluding diaryl/α,β-unsaturated/α-hetero) is 1. The fraction of sp³-hybridized carbons (Fsp3) is 0.263. The Kier molecular flexibility index (Phi) is 4.65. The van der Waals surface area contributed by atoms with E-state index in [1.54, 1.807) is 48.5 Å². The molecule has 0 spiro atoms. The predicted octanol–water partition coefficient (Wildman–Crippen LogP) is 2.21. The number of hydrogen-bond acceptors (Lipinski definition) is 4. The van der Waals surface area contributed by atoms with Gasteiger partial charge in [-0.25, -0.2) is 0 Å². The lowest BCUT2D eigenvalue weighted by atomic mass is 9.92. The Morgan fingerprint density at radius 1 is 1.00 bits per heavy atom. The molecule has 23 heavy (non-hydrogen) atoms. The van der Waals surface area contributed by atoms with E-state index in [2.05, 4.69) is 5.32 Å². The first-order valence-corrected chi connectivity index (χ1v) is 7.83. The summed E-state index contributed by atoms with van der Waals surface area (Å²) in [6.07, 6.45) is 0.587. The van der Waals surface area contributed by atoms with Gasteiger partial charge < -0.3 is 10.4 Å². The smallest absolute Gasteiger partial charge is 0.193 e. The van der Waals surface area contributed by atoms with Crippen molar-refractivity contribution in [3.8, 4) is 0 Å². The van der Waals surface area contributed by atoms with Crippen LogP contribution in [-0.4, -0.2) is 35.4 Å². The Hall–Kier alpha value is -2.30. The molecule has 118 valence electrons. The van der Waals surface area contributed by atoms with Crippen molar-refractivity contribution >= 4 is 11.6 Å². The second-order valence-corrected chi connectivity index (χ2v) is 5.75. The van der Waals surface area contributed by atoms with Crippen molar-refractivity contribution in [3.05, 3.63) is 71.3 Å². The second-order valence-electron chi connectivity index (χ2n) is 5.75. The van der Waals surface area contributed by atoms with Gasteiger partial charge in [-0.3, -0.25) is 9.59 Å². The summed E-state index contributed by atoms with van der Waals surface area (Å²) in [6, 6.07) is 15.3. The highest BCUT2D eigenvalue weighted by molar-refractivity contribution is 6.16. The standard InChI is InChI=1S/C19H19NO3/c21-17(13-7-2-1-3-8-13)14-9-4-5-10-15(14)18(22)19(23)16-11-6-12-20-16/h1-5,7-10,16,19-20,23H,6,11-12H2/t16-,19?/m0/s1. The van der Waals surface area contributed by atoms with Crippen LogP contribution in [-0.2, 0) is 0 Å². The molecule has 4 heteroatoms. The van der Waals surface area contributed by atoms with Gasteiger partial charge in [0.15, 0.2) is 11.6 Å². The van der Waals surface area contributed by atoms with E-state index < -0.39 is 11.9 Å². The van der Waals surface area contributed by atoms with E-state index in [0.717, 1.165) is 19.4 Å². The largest absolute Gasteiger partial charge is 0.383 e. The van der Waals surface area contributed by atoms with Gasteiger partial charge in [-0.1, -0.05) is 54.6 Å². The molecule has 1 heterocycles. The van der Waals surface area contributed by atoms with Crippen LogP contribution in [0.4, 0.5) is 0 Å². The van der Waals surface area contributed by atoms with Gasteiger partial charge in [0.1, 0.15) is 6.10 Å². The summed E-state index contributed by atoms with van der Waals surface area (Å²) in [6.45, 7) is 0.805. The summed E-state index contributed by atoms with van der Waals surface area (Å²) in [5.74, 6) is -0.606. The van der Waals surface area contributed by atoms with E-state index in [4.69, 9.17) is 0 Å². The highest BCUT2D eigenvalue weighted by Crippen LogP contribution is 2.19. The summed E-state index contributed by atoms with van der Waals surface area (Å²) in [7, 11) is 0. The molecule has 0 radical (unpaired) electrons. The Morgan fingerprint density at radius 3 is 2.30 bits per heavy atom. The number of carbonyl (C=O) groups is 2. The zero-order valence-corrected chi connectivity index (χ0v) is 12.7. The highest BCUT2D eigenvalue weighted by atomic mass is 16.3. The Bertz CT molecular complexity index is 706. The van der Waals surface area contributed by atoms with Crippen LogP contribution in [0, 0.1) is 0 Å². The van der Waals surface area contributed by atoms with Crippen molar-refractivity contribution in [1.29, 1.82) is 0 Å². The lowest BCUT2D eigenvalue weighted by Gasteiger charge is -2.18. The third-order valence-corrected chi connectivity index (χ3v) is 4.22. The number of aliphatic hydroxyl groups is 1. The van der Waals surface area contributed by atoms with E-state index >= 15 is 0 Å². The van der Waals surface area contributed by atoms with E-state index in [1.165, 1.54) is 0 Å². The lowest BCUT2D eigenvalue weighted by Crippen LogP contribution is -2.40. The van der Waals surface area contributed by atoms with Gasteiger partial charge in [-0.15, -0.1) is 0 Å². The zero-order chi connectivity index (χ0) is 16.2. The minimum Gasteiger partial charge on any atom is -0.383 e. The van der Waals surface area contributed by atoms with Crippen LogP contribution in [0.3, 0.4) is 0 Å². The number of carbonyl (C=O) groups excluding carboxylic acids is 2. The summed E-state index contributed by atoms with van der Waals surface area (Å²) < 4.78 is 0. The van der Waals surface area contributed by atoms with Crippen LogP contribution in [0.25, 0.3) is 0 Å². The van der Waals surface area contributed by atoms with E-state index in [9.17, 15) is 14.7 Å². The van der Waals surface area contributed by atoms with Crippen LogP contribution in [0.5, 0.6) is 0 Å². The summed E-state index contributed by atoms with van der Waals surface area (Å²) in [5, 5.41) is 13.5. The minimum absolute atomic E-state index is 0.207. The van der Waals surface area contributed by atoms with Gasteiger partial charge in [0.25, 0.3) is 0 Å². The molecule has 0 bridgehead atoms. The van der Waals surface area contributed by atoms with E-state index in [1.807, 2.05) is 6.07 Å². The molecule has 2 aromatic carbocycles. The van der Waals surface area contributed by atoms with Crippen molar-refractivity contribution in [2.75, 3.05) is 6.54 Å². The third kappa shape index (κ3) is 3.23. The molecule has 2 atom stereocenters. The molecule has 1 fully saturated rings. The monoisotopic (exact) mass is 309 g/mol. The van der Waals surface area contributed by atoms with Crippen LogP contribution in [0.15, 0.2) is 54.6 Å². The molecule has 0 saturated carbocycles. The Labute approximate surface area is 135 Å². The molecular formula is C19H19NO3. The van der Waals surface area contributed by atoms with Crippen LogP contribution in [0.1, 0.15) is 39.1 Å². The molecule has 1 unspecified atom stereocenters. The fourth-order valence-electron chi connectivity index (χ4n) is 2.96. The molecule has 1 aliphatic rings.